The molecular formula is C21H22F3N5O3. The van der Waals surface area contributed by atoms with Gasteiger partial charge < -0.3 is 19.4 Å². The van der Waals surface area contributed by atoms with Crippen LogP contribution in [0.25, 0.3) is 11.0 Å². The number of benzene rings is 1. The number of fused-ring (bicyclic) bond motifs is 1. The number of hydrogen-bond donors (Lipinski definition) is 1. The molecule has 1 amide bonds. The van der Waals surface area contributed by atoms with Gasteiger partial charge in [-0.15, -0.1) is 0 Å². The fourth-order valence-electron chi connectivity index (χ4n) is 3.64. The van der Waals surface area contributed by atoms with Crippen molar-refractivity contribution in [3.8, 4) is 0 Å². The summed E-state index contributed by atoms with van der Waals surface area (Å²) in [4.78, 5) is 25.5. The number of halogens is 3. The molecule has 1 aliphatic heterocycles. The Bertz CT molecular complexity index is 1110. The molecule has 0 unspecified atom stereocenters. The number of alkyl halides is 3. The van der Waals surface area contributed by atoms with Crippen LogP contribution in [0.3, 0.4) is 0 Å². The van der Waals surface area contributed by atoms with E-state index in [1.807, 2.05) is 6.92 Å². The molecule has 0 radical (unpaired) electrons. The summed E-state index contributed by atoms with van der Waals surface area (Å²) >= 11 is 0. The number of carbonyl (C=O) groups excluding carboxylic acids is 1. The van der Waals surface area contributed by atoms with Crippen LogP contribution in [0.5, 0.6) is 0 Å². The van der Waals surface area contributed by atoms with E-state index in [0.29, 0.717) is 36.8 Å². The molecule has 1 aliphatic rings. The highest BCUT2D eigenvalue weighted by Gasteiger charge is 2.34. The molecule has 4 rings (SSSR count). The molecule has 0 aliphatic carbocycles. The summed E-state index contributed by atoms with van der Waals surface area (Å²) in [6.45, 7) is 4.98. The van der Waals surface area contributed by atoms with E-state index < -0.39 is 29.8 Å². The second-order valence-corrected chi connectivity index (χ2v) is 7.39. The molecule has 3 heterocycles. The van der Waals surface area contributed by atoms with Crippen molar-refractivity contribution in [2.24, 2.45) is 0 Å². The minimum absolute atomic E-state index is 0.107. The quantitative estimate of drug-likeness (QED) is 0.644. The van der Waals surface area contributed by atoms with Gasteiger partial charge in [0, 0.05) is 12.7 Å². The second kappa shape index (κ2) is 8.83. The van der Waals surface area contributed by atoms with Gasteiger partial charge in [-0.25, -0.2) is 9.97 Å². The van der Waals surface area contributed by atoms with E-state index in [1.165, 1.54) is 18.5 Å². The number of ether oxygens (including phenoxy) is 2. The largest absolute Gasteiger partial charge is 0.416 e. The molecule has 3 aromatic rings. The summed E-state index contributed by atoms with van der Waals surface area (Å²) in [5.41, 5.74) is 0.695. The van der Waals surface area contributed by atoms with Gasteiger partial charge in [0.25, 0.3) is 5.91 Å². The second-order valence-electron chi connectivity index (χ2n) is 7.39. The van der Waals surface area contributed by atoms with Crippen LogP contribution in [-0.2, 0) is 22.2 Å². The highest BCUT2D eigenvalue weighted by atomic mass is 19.4. The molecule has 11 heteroatoms. The first-order chi connectivity index (χ1) is 15.3. The third-order valence-corrected chi connectivity index (χ3v) is 5.21. The minimum atomic E-state index is -4.48. The predicted octanol–water partition coefficient (Wildman–Crippen LogP) is 3.06. The average molecular weight is 449 g/mol. The van der Waals surface area contributed by atoms with Gasteiger partial charge in [-0.3, -0.25) is 9.78 Å². The third-order valence-electron chi connectivity index (χ3n) is 5.21. The summed E-state index contributed by atoms with van der Waals surface area (Å²) in [6.07, 6.45) is -2.22. The van der Waals surface area contributed by atoms with Gasteiger partial charge in [-0.05, 0) is 32.0 Å². The third kappa shape index (κ3) is 4.44. The van der Waals surface area contributed by atoms with Crippen molar-refractivity contribution in [1.82, 2.24) is 24.8 Å². The fraction of sp³-hybridized carbons (Fsp3) is 0.429. The number of imidazole rings is 1. The van der Waals surface area contributed by atoms with E-state index in [2.05, 4.69) is 20.3 Å². The van der Waals surface area contributed by atoms with Crippen LogP contribution < -0.4 is 5.32 Å². The number of nitrogens with one attached hydrogen (secondary N) is 1. The number of aryl methyl sites for hydroxylation is 2. The van der Waals surface area contributed by atoms with Crippen molar-refractivity contribution in [2.75, 3.05) is 19.8 Å². The summed E-state index contributed by atoms with van der Waals surface area (Å²) in [5, 5.41) is 2.87. The lowest BCUT2D eigenvalue weighted by Crippen LogP contribution is -2.44. The number of nitrogens with zero attached hydrogens (tertiary/aromatic N) is 4. The Morgan fingerprint density at radius 2 is 2.09 bits per heavy atom. The summed E-state index contributed by atoms with van der Waals surface area (Å²) in [7, 11) is 0. The zero-order chi connectivity index (χ0) is 22.9. The highest BCUT2D eigenvalue weighted by Crippen LogP contribution is 2.33. The van der Waals surface area contributed by atoms with Gasteiger partial charge in [-0.2, -0.15) is 13.2 Å². The van der Waals surface area contributed by atoms with Crippen LogP contribution in [0.15, 0.2) is 30.6 Å². The Morgan fingerprint density at radius 3 is 2.72 bits per heavy atom. The number of rotatable bonds is 5. The SMILES string of the molecule is CCn1c([C@@H](NC(=O)c2cnc(C)cn2)[C@H]2COCCO2)nc2cc(C(F)(F)F)ccc21. The average Bonchev–Trinajstić information content (AvgIpc) is 3.15. The van der Waals surface area contributed by atoms with Crippen molar-refractivity contribution in [3.05, 3.63) is 53.4 Å². The molecule has 32 heavy (non-hydrogen) atoms. The number of aromatic nitrogens is 4. The standard InChI is InChI=1S/C21H22F3N5O3/c1-3-29-16-5-4-13(21(22,23)24)8-14(16)27-19(29)18(17-11-31-6-7-32-17)28-20(30)15-10-25-12(2)9-26-15/h4-5,8-10,17-18H,3,6-7,11H2,1-2H3,(H,28,30)/t17-,18+/m1/s1. The van der Waals surface area contributed by atoms with E-state index in [4.69, 9.17) is 9.47 Å². The molecule has 1 aromatic carbocycles. The lowest BCUT2D eigenvalue weighted by atomic mass is 10.1. The van der Waals surface area contributed by atoms with E-state index in [0.717, 1.165) is 12.1 Å². The minimum Gasteiger partial charge on any atom is -0.376 e. The monoisotopic (exact) mass is 449 g/mol. The smallest absolute Gasteiger partial charge is 0.376 e. The molecule has 2 aromatic heterocycles. The first kappa shape index (κ1) is 22.2. The Morgan fingerprint density at radius 1 is 1.28 bits per heavy atom. The van der Waals surface area contributed by atoms with Crippen LogP contribution in [0.2, 0.25) is 0 Å². The molecule has 1 fully saturated rings. The Hall–Kier alpha value is -3.05. The highest BCUT2D eigenvalue weighted by molar-refractivity contribution is 5.92. The first-order valence-electron chi connectivity index (χ1n) is 10.1. The van der Waals surface area contributed by atoms with Crippen molar-refractivity contribution >= 4 is 16.9 Å². The van der Waals surface area contributed by atoms with Crippen LogP contribution in [0.4, 0.5) is 13.2 Å². The van der Waals surface area contributed by atoms with E-state index >= 15 is 0 Å². The topological polar surface area (TPSA) is 91.2 Å². The fourth-order valence-corrected chi connectivity index (χ4v) is 3.64. The lowest BCUT2D eigenvalue weighted by molar-refractivity contribution is -0.137. The molecule has 0 bridgehead atoms. The summed E-state index contributed by atoms with van der Waals surface area (Å²) in [6, 6.07) is 2.65. The number of amides is 1. The normalized spacial score (nSPS) is 18.0. The van der Waals surface area contributed by atoms with E-state index in [-0.39, 0.29) is 17.8 Å². The molecule has 0 spiro atoms. The molecular weight excluding hydrogens is 427 g/mol. The van der Waals surface area contributed by atoms with Crippen molar-refractivity contribution in [1.29, 1.82) is 0 Å². The molecule has 1 saturated heterocycles. The lowest BCUT2D eigenvalue weighted by Gasteiger charge is -2.30. The maximum Gasteiger partial charge on any atom is 0.416 e. The molecule has 0 saturated carbocycles. The van der Waals surface area contributed by atoms with Gasteiger partial charge in [0.05, 0.1) is 48.3 Å². The zero-order valence-corrected chi connectivity index (χ0v) is 17.5. The van der Waals surface area contributed by atoms with Gasteiger partial charge in [0.15, 0.2) is 0 Å². The molecule has 1 N–H and O–H groups in total. The van der Waals surface area contributed by atoms with Gasteiger partial charge in [0.1, 0.15) is 23.7 Å². The van der Waals surface area contributed by atoms with Crippen LogP contribution in [0.1, 0.15) is 40.5 Å². The maximum absolute atomic E-state index is 13.2. The van der Waals surface area contributed by atoms with Crippen LogP contribution in [-0.4, -0.2) is 51.4 Å². The Labute approximate surface area is 181 Å². The summed E-state index contributed by atoms with van der Waals surface area (Å²) in [5.74, 6) is -0.117. The first-order valence-corrected chi connectivity index (χ1v) is 10.1. The van der Waals surface area contributed by atoms with Gasteiger partial charge in [0.2, 0.25) is 0 Å². The van der Waals surface area contributed by atoms with Crippen molar-refractivity contribution < 1.29 is 27.4 Å². The maximum atomic E-state index is 13.2. The van der Waals surface area contributed by atoms with E-state index in [9.17, 15) is 18.0 Å². The van der Waals surface area contributed by atoms with E-state index in [1.54, 1.807) is 11.5 Å². The molecule has 8 nitrogen and oxygen atoms in total. The van der Waals surface area contributed by atoms with Crippen molar-refractivity contribution in [2.45, 2.75) is 38.7 Å². The predicted molar refractivity (Wildman–Crippen MR) is 108 cm³/mol. The Balaban J connectivity index is 1.75. The zero-order valence-electron chi connectivity index (χ0n) is 17.5. The van der Waals surface area contributed by atoms with Gasteiger partial charge in [-0.1, -0.05) is 0 Å². The van der Waals surface area contributed by atoms with Crippen LogP contribution >= 0.6 is 0 Å². The molecule has 2 atom stereocenters. The Kier molecular flexibility index (Phi) is 6.11. The number of carbonyl (C=O) groups is 1. The molecule has 170 valence electrons. The van der Waals surface area contributed by atoms with Crippen LogP contribution in [0, 0.1) is 6.92 Å². The number of hydrogen-bond acceptors (Lipinski definition) is 6. The summed E-state index contributed by atoms with van der Waals surface area (Å²) < 4.78 is 52.7. The van der Waals surface area contributed by atoms with Crippen molar-refractivity contribution in [3.63, 3.8) is 0 Å². The van der Waals surface area contributed by atoms with Gasteiger partial charge >= 0.3 is 6.18 Å².